The van der Waals surface area contributed by atoms with Crippen molar-refractivity contribution in [3.63, 3.8) is 0 Å². The first-order valence-corrected chi connectivity index (χ1v) is 7.53. The van der Waals surface area contributed by atoms with Crippen LogP contribution in [0.3, 0.4) is 0 Å². The molecule has 0 aliphatic carbocycles. The van der Waals surface area contributed by atoms with Crippen LogP contribution in [0, 0.1) is 6.92 Å². The maximum atomic E-state index is 4.56. The highest BCUT2D eigenvalue weighted by atomic mass is 15.3. The minimum absolute atomic E-state index is 0.685. The van der Waals surface area contributed by atoms with Gasteiger partial charge in [-0.3, -0.25) is 9.80 Å². The monoisotopic (exact) mass is 260 g/mol. The third-order valence-electron chi connectivity index (χ3n) is 4.58. The molecule has 2 aliphatic rings. The smallest absolute Gasteiger partial charge is 0.125 e. The van der Waals surface area contributed by atoms with E-state index in [2.05, 4.69) is 32.8 Å². The molecule has 104 valence electrons. The minimum Gasteiger partial charge on any atom is -0.298 e. The van der Waals surface area contributed by atoms with Gasteiger partial charge in [0.05, 0.1) is 5.69 Å². The zero-order valence-corrected chi connectivity index (χ0v) is 12.0. The molecule has 3 heterocycles. The summed E-state index contributed by atoms with van der Waals surface area (Å²) in [5.41, 5.74) is 1.16. The van der Waals surface area contributed by atoms with Crippen LogP contribution < -0.4 is 0 Å². The fourth-order valence-corrected chi connectivity index (χ4v) is 3.53. The third kappa shape index (κ3) is 2.79. The molecule has 2 atom stereocenters. The molecule has 4 heteroatoms. The first-order chi connectivity index (χ1) is 9.26. The van der Waals surface area contributed by atoms with Gasteiger partial charge in [-0.25, -0.2) is 9.97 Å². The van der Waals surface area contributed by atoms with Gasteiger partial charge in [-0.2, -0.15) is 0 Å². The molecule has 2 unspecified atom stereocenters. The fraction of sp³-hybridized carbons (Fsp3) is 0.733. The Morgan fingerprint density at radius 2 is 2.26 bits per heavy atom. The first kappa shape index (κ1) is 13.0. The second kappa shape index (κ2) is 5.55. The molecule has 0 amide bonds. The van der Waals surface area contributed by atoms with Crippen molar-refractivity contribution in [3.8, 4) is 0 Å². The summed E-state index contributed by atoms with van der Waals surface area (Å²) < 4.78 is 0. The SMILES string of the molecule is CCC1CN2CCCC2CN1Cc1ccnc(C)n1. The van der Waals surface area contributed by atoms with Crippen molar-refractivity contribution in [1.29, 1.82) is 0 Å². The van der Waals surface area contributed by atoms with Crippen LogP contribution in [0.5, 0.6) is 0 Å². The zero-order chi connectivity index (χ0) is 13.2. The largest absolute Gasteiger partial charge is 0.298 e. The predicted molar refractivity (Wildman–Crippen MR) is 75.9 cm³/mol. The second-order valence-corrected chi connectivity index (χ2v) is 5.88. The van der Waals surface area contributed by atoms with E-state index in [9.17, 15) is 0 Å². The molecule has 0 bridgehead atoms. The van der Waals surface area contributed by atoms with Gasteiger partial charge in [0.25, 0.3) is 0 Å². The van der Waals surface area contributed by atoms with E-state index in [0.29, 0.717) is 6.04 Å². The summed E-state index contributed by atoms with van der Waals surface area (Å²) in [4.78, 5) is 14.1. The molecule has 0 radical (unpaired) electrons. The Morgan fingerprint density at radius 3 is 3.05 bits per heavy atom. The topological polar surface area (TPSA) is 32.3 Å². The van der Waals surface area contributed by atoms with Gasteiger partial charge in [-0.05, 0) is 38.8 Å². The van der Waals surface area contributed by atoms with Gasteiger partial charge in [0.2, 0.25) is 0 Å². The van der Waals surface area contributed by atoms with Crippen LogP contribution in [0.15, 0.2) is 12.3 Å². The summed E-state index contributed by atoms with van der Waals surface area (Å²) in [7, 11) is 0. The molecule has 2 aliphatic heterocycles. The quantitative estimate of drug-likeness (QED) is 0.830. The molecule has 1 aromatic rings. The van der Waals surface area contributed by atoms with Crippen molar-refractivity contribution in [2.45, 2.75) is 51.7 Å². The van der Waals surface area contributed by atoms with Crippen LogP contribution in [0.25, 0.3) is 0 Å². The van der Waals surface area contributed by atoms with E-state index in [1.807, 2.05) is 13.1 Å². The predicted octanol–water partition coefficient (Wildman–Crippen LogP) is 1.84. The second-order valence-electron chi connectivity index (χ2n) is 5.88. The van der Waals surface area contributed by atoms with E-state index in [1.165, 1.54) is 38.9 Å². The number of aromatic nitrogens is 2. The number of nitrogens with zero attached hydrogens (tertiary/aromatic N) is 4. The highest BCUT2D eigenvalue weighted by molar-refractivity contribution is 5.03. The molecule has 2 fully saturated rings. The van der Waals surface area contributed by atoms with Crippen molar-refractivity contribution in [2.75, 3.05) is 19.6 Å². The van der Waals surface area contributed by atoms with Crippen molar-refractivity contribution in [2.24, 2.45) is 0 Å². The number of hydrogen-bond donors (Lipinski definition) is 0. The molecule has 3 rings (SSSR count). The first-order valence-electron chi connectivity index (χ1n) is 7.53. The molecule has 1 aromatic heterocycles. The molecule has 0 saturated carbocycles. The van der Waals surface area contributed by atoms with Gasteiger partial charge < -0.3 is 0 Å². The maximum absolute atomic E-state index is 4.56. The van der Waals surface area contributed by atoms with Gasteiger partial charge in [0.1, 0.15) is 5.82 Å². The van der Waals surface area contributed by atoms with Crippen LogP contribution in [0.1, 0.15) is 37.7 Å². The molecular weight excluding hydrogens is 236 g/mol. The number of aryl methyl sites for hydroxylation is 1. The lowest BCUT2D eigenvalue weighted by atomic mass is 10.0. The van der Waals surface area contributed by atoms with Crippen molar-refractivity contribution in [3.05, 3.63) is 23.8 Å². The summed E-state index contributed by atoms with van der Waals surface area (Å²) in [5, 5.41) is 0. The summed E-state index contributed by atoms with van der Waals surface area (Å²) in [6.07, 6.45) is 5.86. The lowest BCUT2D eigenvalue weighted by molar-refractivity contribution is 0.0428. The molecule has 2 saturated heterocycles. The van der Waals surface area contributed by atoms with Gasteiger partial charge in [-0.15, -0.1) is 0 Å². The van der Waals surface area contributed by atoms with Crippen molar-refractivity contribution in [1.82, 2.24) is 19.8 Å². The number of rotatable bonds is 3. The van der Waals surface area contributed by atoms with Crippen molar-refractivity contribution < 1.29 is 0 Å². The molecule has 0 aromatic carbocycles. The maximum Gasteiger partial charge on any atom is 0.125 e. The van der Waals surface area contributed by atoms with Gasteiger partial charge in [0.15, 0.2) is 0 Å². The Hall–Kier alpha value is -1.00. The van der Waals surface area contributed by atoms with Crippen molar-refractivity contribution >= 4 is 0 Å². The van der Waals surface area contributed by atoms with Gasteiger partial charge >= 0.3 is 0 Å². The summed E-state index contributed by atoms with van der Waals surface area (Å²) in [5.74, 6) is 0.880. The van der Waals surface area contributed by atoms with E-state index < -0.39 is 0 Å². The lowest BCUT2D eigenvalue weighted by Gasteiger charge is -2.43. The number of hydrogen-bond acceptors (Lipinski definition) is 4. The van der Waals surface area contributed by atoms with Gasteiger partial charge in [0, 0.05) is 37.9 Å². The van der Waals surface area contributed by atoms with E-state index in [1.54, 1.807) is 0 Å². The van der Waals surface area contributed by atoms with Crippen LogP contribution in [-0.4, -0.2) is 51.5 Å². The summed E-state index contributed by atoms with van der Waals surface area (Å²) in [6.45, 7) is 9.01. The average Bonchev–Trinajstić information content (AvgIpc) is 2.85. The summed E-state index contributed by atoms with van der Waals surface area (Å²) in [6, 6.07) is 3.52. The Labute approximate surface area is 115 Å². The van der Waals surface area contributed by atoms with Gasteiger partial charge in [-0.1, -0.05) is 6.92 Å². The molecular formula is C15H24N4. The Kier molecular flexibility index (Phi) is 3.80. The van der Waals surface area contributed by atoms with Crippen LogP contribution in [-0.2, 0) is 6.54 Å². The van der Waals surface area contributed by atoms with Crippen LogP contribution in [0.4, 0.5) is 0 Å². The normalized spacial score (nSPS) is 28.5. The van der Waals surface area contributed by atoms with E-state index in [-0.39, 0.29) is 0 Å². The minimum atomic E-state index is 0.685. The average molecular weight is 260 g/mol. The van der Waals surface area contributed by atoms with Crippen LogP contribution >= 0.6 is 0 Å². The molecule has 4 nitrogen and oxygen atoms in total. The fourth-order valence-electron chi connectivity index (χ4n) is 3.53. The third-order valence-corrected chi connectivity index (χ3v) is 4.58. The Morgan fingerprint density at radius 1 is 1.37 bits per heavy atom. The Bertz CT molecular complexity index is 434. The zero-order valence-electron chi connectivity index (χ0n) is 12.0. The van der Waals surface area contributed by atoms with Crippen LogP contribution in [0.2, 0.25) is 0 Å². The lowest BCUT2D eigenvalue weighted by Crippen LogP contribution is -2.55. The molecule has 0 N–H and O–H groups in total. The highest BCUT2D eigenvalue weighted by Crippen LogP contribution is 2.26. The summed E-state index contributed by atoms with van der Waals surface area (Å²) >= 11 is 0. The van der Waals surface area contributed by atoms with E-state index >= 15 is 0 Å². The highest BCUT2D eigenvalue weighted by Gasteiger charge is 2.35. The molecule has 19 heavy (non-hydrogen) atoms. The number of piperazine rings is 1. The molecule has 0 spiro atoms. The van der Waals surface area contributed by atoms with E-state index in [0.717, 1.165) is 24.1 Å². The van der Waals surface area contributed by atoms with E-state index in [4.69, 9.17) is 0 Å². The standard InChI is InChI=1S/C15H24N4/c1-3-14-10-18-8-4-5-15(18)11-19(14)9-13-6-7-16-12(2)17-13/h6-7,14-15H,3-5,8-11H2,1-2H3. The Balaban J connectivity index is 1.71. The number of fused-ring (bicyclic) bond motifs is 1.